The number of amides is 3. The van der Waals surface area contributed by atoms with Crippen LogP contribution < -0.4 is 20.7 Å². The molecular weight excluding hydrogens is 562 g/mol. The van der Waals surface area contributed by atoms with E-state index >= 15 is 0 Å². The van der Waals surface area contributed by atoms with E-state index in [0.29, 0.717) is 33.8 Å². The minimum Gasteiger partial charge on any atom is -0.494 e. The van der Waals surface area contributed by atoms with Crippen LogP contribution in [-0.4, -0.2) is 64.0 Å². The quantitative estimate of drug-likeness (QED) is 0.247. The van der Waals surface area contributed by atoms with E-state index in [1.54, 1.807) is 55.8 Å². The topological polar surface area (TPSA) is 175 Å². The van der Waals surface area contributed by atoms with Crippen molar-refractivity contribution in [2.75, 3.05) is 31.8 Å². The van der Waals surface area contributed by atoms with Crippen molar-refractivity contribution >= 4 is 34.9 Å². The standard InChI is InChI=1S/C31H29N9O4/c1-33-30(42)27-25(12-26(38-39-27)37-29(41)20-7-8-20)36-23-6-4-5-22(28(23)44-3)21-9-10-24(35-16-21)31(43)40(2)17-19-11-18(13-32)14-34-15-19/h4-6,9-12,14-16,20H,7-8,17H2,1-3H3,(H,33,42)(H2,36,37,38,41). The van der Waals surface area contributed by atoms with Gasteiger partial charge in [-0.2, -0.15) is 5.26 Å². The zero-order valence-corrected chi connectivity index (χ0v) is 24.3. The normalized spacial score (nSPS) is 12.0. The number of carbonyl (C=O) groups is 3. The summed E-state index contributed by atoms with van der Waals surface area (Å²) in [7, 11) is 4.66. The molecule has 0 unspecified atom stereocenters. The van der Waals surface area contributed by atoms with Gasteiger partial charge in [-0.15, -0.1) is 10.2 Å². The summed E-state index contributed by atoms with van der Waals surface area (Å²) in [6, 6.07) is 14.1. The largest absolute Gasteiger partial charge is 0.494 e. The van der Waals surface area contributed by atoms with Crippen LogP contribution in [0.3, 0.4) is 0 Å². The molecule has 13 heteroatoms. The van der Waals surface area contributed by atoms with Crippen LogP contribution in [0.1, 0.15) is 44.9 Å². The Labute approximate surface area is 253 Å². The van der Waals surface area contributed by atoms with Crippen molar-refractivity contribution in [3.63, 3.8) is 0 Å². The molecule has 1 fully saturated rings. The second-order valence-electron chi connectivity index (χ2n) is 10.1. The number of hydrogen-bond donors (Lipinski definition) is 3. The molecule has 13 nitrogen and oxygen atoms in total. The third-order valence-electron chi connectivity index (χ3n) is 6.91. The number of nitrogens with zero attached hydrogens (tertiary/aromatic N) is 6. The van der Waals surface area contributed by atoms with Crippen molar-refractivity contribution in [2.45, 2.75) is 19.4 Å². The fraction of sp³-hybridized carbons (Fsp3) is 0.226. The van der Waals surface area contributed by atoms with E-state index in [2.05, 4.69) is 36.1 Å². The Morgan fingerprint density at radius 2 is 1.89 bits per heavy atom. The number of anilines is 3. The van der Waals surface area contributed by atoms with Crippen molar-refractivity contribution in [3.8, 4) is 22.9 Å². The van der Waals surface area contributed by atoms with E-state index < -0.39 is 5.91 Å². The third kappa shape index (κ3) is 6.60. The van der Waals surface area contributed by atoms with Crippen molar-refractivity contribution < 1.29 is 19.1 Å². The van der Waals surface area contributed by atoms with Crippen LogP contribution in [0.15, 0.2) is 61.1 Å². The Balaban J connectivity index is 1.38. The summed E-state index contributed by atoms with van der Waals surface area (Å²) in [6.07, 6.45) is 6.32. The Morgan fingerprint density at radius 3 is 2.57 bits per heavy atom. The molecule has 222 valence electrons. The van der Waals surface area contributed by atoms with E-state index in [1.807, 2.05) is 12.1 Å². The Hall–Kier alpha value is -5.90. The lowest BCUT2D eigenvalue weighted by Crippen LogP contribution is -2.27. The summed E-state index contributed by atoms with van der Waals surface area (Å²) in [5.74, 6) is -0.243. The maximum Gasteiger partial charge on any atom is 0.273 e. The molecule has 1 saturated carbocycles. The summed E-state index contributed by atoms with van der Waals surface area (Å²) in [6.45, 7) is 0.264. The number of nitriles is 1. The van der Waals surface area contributed by atoms with Gasteiger partial charge in [0.1, 0.15) is 17.5 Å². The van der Waals surface area contributed by atoms with Crippen molar-refractivity contribution in [1.29, 1.82) is 5.26 Å². The number of rotatable bonds is 10. The van der Waals surface area contributed by atoms with E-state index in [4.69, 9.17) is 10.00 Å². The fourth-order valence-electron chi connectivity index (χ4n) is 4.49. The number of methoxy groups -OCH3 is 1. The van der Waals surface area contributed by atoms with E-state index in [1.165, 1.54) is 25.3 Å². The monoisotopic (exact) mass is 591 g/mol. The second-order valence-corrected chi connectivity index (χ2v) is 10.1. The second kappa shape index (κ2) is 13.0. The van der Waals surface area contributed by atoms with Crippen molar-refractivity contribution in [1.82, 2.24) is 30.4 Å². The number of carbonyl (C=O) groups excluding carboxylic acids is 3. The maximum absolute atomic E-state index is 13.1. The highest BCUT2D eigenvalue weighted by Gasteiger charge is 2.30. The van der Waals surface area contributed by atoms with Gasteiger partial charge in [0, 0.05) is 62.3 Å². The first-order valence-electron chi connectivity index (χ1n) is 13.7. The lowest BCUT2D eigenvalue weighted by molar-refractivity contribution is -0.117. The Kier molecular flexibility index (Phi) is 8.71. The zero-order chi connectivity index (χ0) is 31.2. The highest BCUT2D eigenvalue weighted by Crippen LogP contribution is 2.38. The fourth-order valence-corrected chi connectivity index (χ4v) is 4.49. The first kappa shape index (κ1) is 29.6. The van der Waals surface area contributed by atoms with E-state index in [9.17, 15) is 14.4 Å². The van der Waals surface area contributed by atoms with Gasteiger partial charge in [-0.3, -0.25) is 24.4 Å². The van der Waals surface area contributed by atoms with Crippen molar-refractivity contribution in [2.24, 2.45) is 5.92 Å². The highest BCUT2D eigenvalue weighted by molar-refractivity contribution is 6.00. The van der Waals surface area contributed by atoms with E-state index in [-0.39, 0.29) is 41.5 Å². The van der Waals surface area contributed by atoms with Gasteiger partial charge in [-0.25, -0.2) is 0 Å². The van der Waals surface area contributed by atoms with Gasteiger partial charge in [-0.05, 0) is 36.6 Å². The highest BCUT2D eigenvalue weighted by atomic mass is 16.5. The molecule has 1 aromatic carbocycles. The lowest BCUT2D eigenvalue weighted by atomic mass is 10.0. The minimum atomic E-state index is -0.460. The molecule has 3 N–H and O–H groups in total. The smallest absolute Gasteiger partial charge is 0.273 e. The average molecular weight is 592 g/mol. The minimum absolute atomic E-state index is 0.0296. The molecule has 5 rings (SSSR count). The summed E-state index contributed by atoms with van der Waals surface area (Å²) >= 11 is 0. The van der Waals surface area contributed by atoms with Gasteiger partial charge in [0.25, 0.3) is 11.8 Å². The molecule has 0 saturated heterocycles. The molecular formula is C31H29N9O4. The van der Waals surface area contributed by atoms with E-state index in [0.717, 1.165) is 18.4 Å². The molecule has 4 aromatic rings. The lowest BCUT2D eigenvalue weighted by Gasteiger charge is -2.18. The Bertz CT molecular complexity index is 1770. The van der Waals surface area contributed by atoms with Gasteiger partial charge in [0.15, 0.2) is 11.5 Å². The first-order chi connectivity index (χ1) is 21.3. The molecule has 3 aromatic heterocycles. The molecule has 1 aliphatic rings. The average Bonchev–Trinajstić information content (AvgIpc) is 3.90. The van der Waals surface area contributed by atoms with Crippen LogP contribution >= 0.6 is 0 Å². The summed E-state index contributed by atoms with van der Waals surface area (Å²) < 4.78 is 5.76. The molecule has 3 amide bonds. The number of nitrogens with one attached hydrogen (secondary N) is 3. The van der Waals surface area contributed by atoms with Crippen LogP contribution in [0.4, 0.5) is 17.2 Å². The SMILES string of the molecule is CNC(=O)c1nnc(NC(=O)C2CC2)cc1Nc1cccc(-c2ccc(C(=O)N(C)Cc3cncc(C#N)c3)nc2)c1OC. The summed E-state index contributed by atoms with van der Waals surface area (Å²) in [5, 5.41) is 25.7. The van der Waals surface area contributed by atoms with Crippen LogP contribution in [0.2, 0.25) is 0 Å². The molecule has 0 atom stereocenters. The van der Waals surface area contributed by atoms with Gasteiger partial charge < -0.3 is 25.6 Å². The number of hydrogen-bond acceptors (Lipinski definition) is 10. The predicted molar refractivity (Wildman–Crippen MR) is 161 cm³/mol. The number of pyridine rings is 2. The van der Waals surface area contributed by atoms with Gasteiger partial charge in [0.05, 0.1) is 24.0 Å². The molecule has 44 heavy (non-hydrogen) atoms. The summed E-state index contributed by atoms with van der Waals surface area (Å²) in [5.41, 5.74) is 3.64. The molecule has 3 heterocycles. The van der Waals surface area contributed by atoms with Crippen LogP contribution in [0, 0.1) is 17.2 Å². The predicted octanol–water partition coefficient (Wildman–Crippen LogP) is 3.54. The van der Waals surface area contributed by atoms with Gasteiger partial charge >= 0.3 is 0 Å². The third-order valence-corrected chi connectivity index (χ3v) is 6.91. The first-order valence-corrected chi connectivity index (χ1v) is 13.7. The number of para-hydroxylation sites is 1. The van der Waals surface area contributed by atoms with Gasteiger partial charge in [0.2, 0.25) is 5.91 Å². The number of ether oxygens (including phenoxy) is 1. The van der Waals surface area contributed by atoms with Crippen LogP contribution in [0.25, 0.3) is 11.1 Å². The molecule has 0 spiro atoms. The Morgan fingerprint density at radius 1 is 1.07 bits per heavy atom. The van der Waals surface area contributed by atoms with Crippen LogP contribution in [0.5, 0.6) is 5.75 Å². The molecule has 1 aliphatic carbocycles. The number of aromatic nitrogens is 4. The van der Waals surface area contributed by atoms with Crippen molar-refractivity contribution in [3.05, 3.63) is 83.6 Å². The number of benzene rings is 1. The maximum atomic E-state index is 13.1. The molecule has 0 radical (unpaired) electrons. The molecule has 0 bridgehead atoms. The van der Waals surface area contributed by atoms with Crippen LogP contribution in [-0.2, 0) is 11.3 Å². The molecule has 0 aliphatic heterocycles. The zero-order valence-electron chi connectivity index (χ0n) is 24.3. The summed E-state index contributed by atoms with van der Waals surface area (Å²) in [4.78, 5) is 47.8. The van der Waals surface area contributed by atoms with Gasteiger partial charge in [-0.1, -0.05) is 18.2 Å².